The molecule has 2 rings (SSSR count). The number of hydrogen-bond acceptors (Lipinski definition) is 6. The Bertz CT molecular complexity index is 877. The van der Waals surface area contributed by atoms with E-state index < -0.39 is 23.7 Å². The maximum absolute atomic E-state index is 12.8. The van der Waals surface area contributed by atoms with Gasteiger partial charge < -0.3 is 15.0 Å². The van der Waals surface area contributed by atoms with Crippen molar-refractivity contribution in [3.63, 3.8) is 0 Å². The van der Waals surface area contributed by atoms with Gasteiger partial charge in [0, 0.05) is 23.5 Å². The monoisotopic (exact) mass is 479 g/mol. The van der Waals surface area contributed by atoms with Gasteiger partial charge in [0.15, 0.2) is 0 Å². The standard InChI is InChI=1S/C20H22BrN3O4S/c1-4-24(5-2)15(25)11-29-19-14(10-22)16(12-7-6-8-13(21)9-12)17(18(26)23-19)20(27)28-3/h6-9,16-17H,4-5,11H2,1-3H3,(H,23,26)/t16-,17+/m1/s1. The summed E-state index contributed by atoms with van der Waals surface area (Å²) < 4.78 is 5.58. The van der Waals surface area contributed by atoms with E-state index in [9.17, 15) is 19.6 Å². The van der Waals surface area contributed by atoms with Gasteiger partial charge in [-0.25, -0.2) is 0 Å². The molecule has 1 aromatic carbocycles. The van der Waals surface area contributed by atoms with Crippen LogP contribution in [0.3, 0.4) is 0 Å². The lowest BCUT2D eigenvalue weighted by Gasteiger charge is -2.31. The summed E-state index contributed by atoms with van der Waals surface area (Å²) >= 11 is 4.48. The Labute approximate surface area is 182 Å². The second-order valence-corrected chi connectivity index (χ2v) is 8.13. The van der Waals surface area contributed by atoms with Crippen molar-refractivity contribution >= 4 is 45.5 Å². The number of nitriles is 1. The van der Waals surface area contributed by atoms with Gasteiger partial charge >= 0.3 is 5.97 Å². The molecule has 1 aliphatic rings. The van der Waals surface area contributed by atoms with Crippen LogP contribution < -0.4 is 5.32 Å². The van der Waals surface area contributed by atoms with Gasteiger partial charge in [-0.15, -0.1) is 0 Å². The second-order valence-electron chi connectivity index (χ2n) is 6.23. The number of esters is 1. The number of rotatable bonds is 7. The molecule has 0 aromatic heterocycles. The Hall–Kier alpha value is -2.31. The Morgan fingerprint density at radius 1 is 1.34 bits per heavy atom. The maximum Gasteiger partial charge on any atom is 0.319 e. The highest BCUT2D eigenvalue weighted by atomic mass is 79.9. The van der Waals surface area contributed by atoms with Crippen molar-refractivity contribution in [1.82, 2.24) is 10.2 Å². The van der Waals surface area contributed by atoms with E-state index in [0.29, 0.717) is 23.7 Å². The maximum atomic E-state index is 12.8. The number of ether oxygens (including phenoxy) is 1. The van der Waals surface area contributed by atoms with Crippen molar-refractivity contribution in [2.75, 3.05) is 26.0 Å². The van der Waals surface area contributed by atoms with Crippen LogP contribution >= 0.6 is 27.7 Å². The summed E-state index contributed by atoms with van der Waals surface area (Å²) in [5, 5.41) is 12.8. The van der Waals surface area contributed by atoms with Crippen LogP contribution in [0, 0.1) is 17.2 Å². The highest BCUT2D eigenvalue weighted by Gasteiger charge is 2.44. The number of nitrogens with zero attached hydrogens (tertiary/aromatic N) is 2. The van der Waals surface area contributed by atoms with E-state index in [-0.39, 0.29) is 17.2 Å². The Morgan fingerprint density at radius 2 is 2.03 bits per heavy atom. The molecule has 29 heavy (non-hydrogen) atoms. The predicted molar refractivity (Wildman–Crippen MR) is 114 cm³/mol. The average molecular weight is 480 g/mol. The van der Waals surface area contributed by atoms with Crippen LogP contribution in [0.2, 0.25) is 0 Å². The number of methoxy groups -OCH3 is 1. The molecule has 0 saturated heterocycles. The summed E-state index contributed by atoms with van der Waals surface area (Å²) in [6.07, 6.45) is 0. The molecule has 154 valence electrons. The molecule has 0 spiro atoms. The highest BCUT2D eigenvalue weighted by Crippen LogP contribution is 2.40. The number of allylic oxidation sites excluding steroid dienone is 1. The smallest absolute Gasteiger partial charge is 0.319 e. The fourth-order valence-electron chi connectivity index (χ4n) is 3.18. The molecule has 0 bridgehead atoms. The minimum atomic E-state index is -1.19. The third-order valence-corrected chi connectivity index (χ3v) is 6.14. The fraction of sp³-hybridized carbons (Fsp3) is 0.400. The number of carbonyl (C=O) groups excluding carboxylic acids is 3. The van der Waals surface area contributed by atoms with E-state index in [1.807, 2.05) is 19.9 Å². The first-order chi connectivity index (χ1) is 13.9. The molecule has 0 aliphatic carbocycles. The molecule has 7 nitrogen and oxygen atoms in total. The van der Waals surface area contributed by atoms with Crippen molar-refractivity contribution in [3.8, 4) is 6.07 Å². The zero-order valence-corrected chi connectivity index (χ0v) is 18.8. The van der Waals surface area contributed by atoms with Gasteiger partial charge in [0.2, 0.25) is 11.8 Å². The number of benzene rings is 1. The molecule has 2 atom stereocenters. The fourth-order valence-corrected chi connectivity index (χ4v) is 4.55. The van der Waals surface area contributed by atoms with Gasteiger partial charge in [-0.05, 0) is 31.5 Å². The van der Waals surface area contributed by atoms with Crippen LogP contribution in [0.25, 0.3) is 0 Å². The summed E-state index contributed by atoms with van der Waals surface area (Å²) in [6, 6.07) is 9.23. The lowest BCUT2D eigenvalue weighted by molar-refractivity contribution is -0.150. The van der Waals surface area contributed by atoms with Crippen molar-refractivity contribution in [2.45, 2.75) is 19.8 Å². The third-order valence-electron chi connectivity index (χ3n) is 4.65. The molecule has 0 saturated carbocycles. The second kappa shape index (κ2) is 10.5. The summed E-state index contributed by atoms with van der Waals surface area (Å²) in [7, 11) is 1.20. The van der Waals surface area contributed by atoms with Gasteiger partial charge in [0.1, 0.15) is 5.92 Å². The van der Waals surface area contributed by atoms with Crippen LogP contribution in [0.4, 0.5) is 0 Å². The van der Waals surface area contributed by atoms with E-state index in [2.05, 4.69) is 27.3 Å². The van der Waals surface area contributed by atoms with Crippen molar-refractivity contribution in [3.05, 3.63) is 44.9 Å². The Kier molecular flexibility index (Phi) is 8.29. The first-order valence-corrected chi connectivity index (χ1v) is 10.8. The van der Waals surface area contributed by atoms with Gasteiger partial charge in [-0.1, -0.05) is 39.8 Å². The topological polar surface area (TPSA) is 99.5 Å². The summed E-state index contributed by atoms with van der Waals surface area (Å²) in [6.45, 7) is 4.94. The minimum absolute atomic E-state index is 0.0799. The number of thioether (sulfide) groups is 1. The molecule has 1 aliphatic heterocycles. The molecule has 1 heterocycles. The molecule has 0 radical (unpaired) electrons. The van der Waals surface area contributed by atoms with E-state index in [0.717, 1.165) is 16.2 Å². The van der Waals surface area contributed by atoms with Crippen molar-refractivity contribution in [2.24, 2.45) is 5.92 Å². The van der Waals surface area contributed by atoms with Crippen LogP contribution in [0.1, 0.15) is 25.3 Å². The number of nitrogens with one attached hydrogen (secondary N) is 1. The van der Waals surface area contributed by atoms with Crippen molar-refractivity contribution in [1.29, 1.82) is 5.26 Å². The molecule has 9 heteroatoms. The molecule has 1 aromatic rings. The summed E-state index contributed by atoms with van der Waals surface area (Å²) in [4.78, 5) is 39.1. The molecule has 0 fully saturated rings. The highest BCUT2D eigenvalue weighted by molar-refractivity contribution is 9.10. The zero-order chi connectivity index (χ0) is 21.6. The molecule has 2 amide bonds. The number of halogens is 1. The minimum Gasteiger partial charge on any atom is -0.468 e. The Balaban J connectivity index is 2.47. The molecule has 0 unspecified atom stereocenters. The van der Waals surface area contributed by atoms with Crippen LogP contribution in [0.5, 0.6) is 0 Å². The zero-order valence-electron chi connectivity index (χ0n) is 16.4. The van der Waals surface area contributed by atoms with E-state index >= 15 is 0 Å². The van der Waals surface area contributed by atoms with Gasteiger partial charge in [-0.2, -0.15) is 5.26 Å². The van der Waals surface area contributed by atoms with Crippen LogP contribution in [0.15, 0.2) is 39.3 Å². The number of carbonyl (C=O) groups is 3. The van der Waals surface area contributed by atoms with Gasteiger partial charge in [0.05, 0.1) is 29.5 Å². The summed E-state index contributed by atoms with van der Waals surface area (Å²) in [5.74, 6) is -3.27. The molecular weight excluding hydrogens is 458 g/mol. The summed E-state index contributed by atoms with van der Waals surface area (Å²) in [5.41, 5.74) is 0.866. The quantitative estimate of drug-likeness (QED) is 0.476. The van der Waals surface area contributed by atoms with Gasteiger partial charge in [-0.3, -0.25) is 14.4 Å². The van der Waals surface area contributed by atoms with E-state index in [1.54, 1.807) is 23.1 Å². The number of amides is 2. The largest absolute Gasteiger partial charge is 0.468 e. The van der Waals surface area contributed by atoms with E-state index in [4.69, 9.17) is 4.74 Å². The third kappa shape index (κ3) is 5.19. The van der Waals surface area contributed by atoms with Crippen LogP contribution in [-0.4, -0.2) is 48.6 Å². The van der Waals surface area contributed by atoms with Crippen LogP contribution in [-0.2, 0) is 19.1 Å². The van der Waals surface area contributed by atoms with E-state index in [1.165, 1.54) is 7.11 Å². The molecule has 1 N–H and O–H groups in total. The SMILES string of the molecule is CCN(CC)C(=O)CSC1=C(C#N)[C@@H](c2cccc(Br)c2)[C@H](C(=O)OC)C(=O)N1. The van der Waals surface area contributed by atoms with Crippen molar-refractivity contribution < 1.29 is 19.1 Å². The lowest BCUT2D eigenvalue weighted by Crippen LogP contribution is -2.44. The average Bonchev–Trinajstić information content (AvgIpc) is 2.71. The molecular formula is C20H22BrN3O4S. The normalized spacial score (nSPS) is 18.7. The van der Waals surface area contributed by atoms with Gasteiger partial charge in [0.25, 0.3) is 0 Å². The number of hydrogen-bond donors (Lipinski definition) is 1. The first kappa shape index (κ1) is 23.0. The first-order valence-electron chi connectivity index (χ1n) is 9.06. The Morgan fingerprint density at radius 3 is 2.59 bits per heavy atom. The lowest BCUT2D eigenvalue weighted by atomic mass is 9.78. The predicted octanol–water partition coefficient (Wildman–Crippen LogP) is 2.79.